The van der Waals surface area contributed by atoms with Crippen LogP contribution in [-0.2, 0) is 9.59 Å². The first-order valence-corrected chi connectivity index (χ1v) is 11.0. The summed E-state index contributed by atoms with van der Waals surface area (Å²) >= 11 is 1.32. The third-order valence-corrected chi connectivity index (χ3v) is 6.73. The Balaban J connectivity index is 1.58. The Kier molecular flexibility index (Phi) is 4.41. The van der Waals surface area contributed by atoms with Gasteiger partial charge < -0.3 is 14.6 Å². The van der Waals surface area contributed by atoms with Crippen LogP contribution in [0.4, 0.5) is 5.13 Å². The minimum absolute atomic E-state index is 0.00400. The number of carbonyl (C=O) groups excluding carboxylic acids is 2. The maximum atomic E-state index is 13.3. The van der Waals surface area contributed by atoms with Crippen molar-refractivity contribution in [3.8, 4) is 11.5 Å². The average molecular weight is 456 g/mol. The van der Waals surface area contributed by atoms with Gasteiger partial charge in [-0.15, -0.1) is 0 Å². The molecule has 1 N–H and O–H groups in total. The number of thiazole rings is 1. The molecule has 0 radical (unpaired) electrons. The molecule has 1 aromatic heterocycles. The standard InChI is InChI=1S/C25H16N2O5S/c28-22(14-6-2-1-3-7-14)20-21(15-10-11-17-18(12-15)32-13-31-17)27(24(30)23(20)29)25-26-16-8-4-5-9-19(16)33-25/h1-12,21,28H,13H2/b22-20-. The molecule has 162 valence electrons. The normalized spacial score (nSPS) is 18.9. The van der Waals surface area contributed by atoms with E-state index in [1.807, 2.05) is 30.3 Å². The van der Waals surface area contributed by atoms with Crippen molar-refractivity contribution >= 4 is 44.1 Å². The second-order valence-electron chi connectivity index (χ2n) is 7.61. The maximum absolute atomic E-state index is 13.3. The molecule has 0 aliphatic carbocycles. The van der Waals surface area contributed by atoms with Gasteiger partial charge in [-0.25, -0.2) is 4.98 Å². The zero-order valence-electron chi connectivity index (χ0n) is 17.1. The van der Waals surface area contributed by atoms with Gasteiger partial charge in [-0.3, -0.25) is 14.5 Å². The third-order valence-electron chi connectivity index (χ3n) is 5.69. The van der Waals surface area contributed by atoms with Gasteiger partial charge in [0.1, 0.15) is 5.76 Å². The van der Waals surface area contributed by atoms with Crippen LogP contribution in [0, 0.1) is 0 Å². The van der Waals surface area contributed by atoms with Crippen LogP contribution >= 0.6 is 11.3 Å². The van der Waals surface area contributed by atoms with E-state index in [1.54, 1.807) is 42.5 Å². The lowest BCUT2D eigenvalue weighted by molar-refractivity contribution is -0.132. The smallest absolute Gasteiger partial charge is 0.301 e. The number of hydrogen-bond donors (Lipinski definition) is 1. The Hall–Kier alpha value is -4.17. The van der Waals surface area contributed by atoms with E-state index in [9.17, 15) is 14.7 Å². The summed E-state index contributed by atoms with van der Waals surface area (Å²) in [6.45, 7) is 0.0981. The number of ether oxygens (including phenoxy) is 2. The summed E-state index contributed by atoms with van der Waals surface area (Å²) < 4.78 is 11.8. The number of anilines is 1. The van der Waals surface area contributed by atoms with Crippen molar-refractivity contribution in [1.82, 2.24) is 4.98 Å². The molecule has 0 bridgehead atoms. The Bertz CT molecular complexity index is 1430. The van der Waals surface area contributed by atoms with Crippen molar-refractivity contribution in [2.75, 3.05) is 11.7 Å². The number of ketones is 1. The number of aliphatic hydroxyl groups excluding tert-OH is 1. The number of aromatic nitrogens is 1. The number of Topliss-reactive ketones (excluding diaryl/α,β-unsaturated/α-hetero) is 1. The van der Waals surface area contributed by atoms with Gasteiger partial charge in [-0.05, 0) is 29.8 Å². The molecule has 1 atom stereocenters. The summed E-state index contributed by atoms with van der Waals surface area (Å²) in [4.78, 5) is 32.5. The molecule has 7 nitrogen and oxygen atoms in total. The van der Waals surface area contributed by atoms with Gasteiger partial charge in [0.05, 0.1) is 21.8 Å². The Morgan fingerprint density at radius 2 is 1.73 bits per heavy atom. The quantitative estimate of drug-likeness (QED) is 0.274. The minimum atomic E-state index is -0.875. The van der Waals surface area contributed by atoms with Crippen LogP contribution in [0.5, 0.6) is 11.5 Å². The molecule has 6 rings (SSSR count). The highest BCUT2D eigenvalue weighted by atomic mass is 32.1. The minimum Gasteiger partial charge on any atom is -0.507 e. The fourth-order valence-electron chi connectivity index (χ4n) is 4.14. The molecule has 1 saturated heterocycles. The lowest BCUT2D eigenvalue weighted by Gasteiger charge is -2.23. The van der Waals surface area contributed by atoms with Gasteiger partial charge in [-0.1, -0.05) is 59.9 Å². The van der Waals surface area contributed by atoms with E-state index < -0.39 is 17.7 Å². The van der Waals surface area contributed by atoms with Crippen LogP contribution in [0.15, 0.2) is 78.4 Å². The van der Waals surface area contributed by atoms with Crippen LogP contribution in [0.2, 0.25) is 0 Å². The number of para-hydroxylation sites is 1. The second-order valence-corrected chi connectivity index (χ2v) is 8.62. The Labute approximate surface area is 192 Å². The topological polar surface area (TPSA) is 89.0 Å². The van der Waals surface area contributed by atoms with E-state index in [1.165, 1.54) is 16.2 Å². The molecule has 1 unspecified atom stereocenters. The number of carbonyl (C=O) groups is 2. The van der Waals surface area contributed by atoms with Gasteiger partial charge in [0.25, 0.3) is 5.78 Å². The molecular formula is C25H16N2O5S. The molecule has 2 aliphatic rings. The van der Waals surface area contributed by atoms with Crippen molar-refractivity contribution in [1.29, 1.82) is 0 Å². The molecule has 0 spiro atoms. The first kappa shape index (κ1) is 19.5. The summed E-state index contributed by atoms with van der Waals surface area (Å²) in [6, 6.07) is 20.6. The molecule has 3 aromatic carbocycles. The van der Waals surface area contributed by atoms with Gasteiger partial charge in [0.15, 0.2) is 16.6 Å². The third kappa shape index (κ3) is 3.07. The van der Waals surface area contributed by atoms with E-state index in [0.29, 0.717) is 27.8 Å². The highest BCUT2D eigenvalue weighted by molar-refractivity contribution is 7.22. The second kappa shape index (κ2) is 7.46. The molecule has 33 heavy (non-hydrogen) atoms. The summed E-state index contributed by atoms with van der Waals surface area (Å²) in [5.41, 5.74) is 1.79. The lowest BCUT2D eigenvalue weighted by Crippen LogP contribution is -2.29. The number of rotatable bonds is 3. The van der Waals surface area contributed by atoms with E-state index in [0.717, 1.165) is 10.2 Å². The molecule has 3 heterocycles. The van der Waals surface area contributed by atoms with Gasteiger partial charge in [0, 0.05) is 5.56 Å². The molecule has 2 aliphatic heterocycles. The molecule has 4 aromatic rings. The van der Waals surface area contributed by atoms with Crippen molar-refractivity contribution < 1.29 is 24.2 Å². The zero-order valence-corrected chi connectivity index (χ0v) is 17.9. The predicted molar refractivity (Wildman–Crippen MR) is 123 cm³/mol. The summed E-state index contributed by atoms with van der Waals surface area (Å²) in [5, 5.41) is 11.5. The number of hydrogen-bond acceptors (Lipinski definition) is 7. The molecule has 1 fully saturated rings. The van der Waals surface area contributed by atoms with Crippen molar-refractivity contribution in [3.63, 3.8) is 0 Å². The monoisotopic (exact) mass is 456 g/mol. The highest BCUT2D eigenvalue weighted by Crippen LogP contribution is 2.46. The van der Waals surface area contributed by atoms with Crippen molar-refractivity contribution in [2.24, 2.45) is 0 Å². The highest BCUT2D eigenvalue weighted by Gasteiger charge is 2.48. The average Bonchev–Trinajstić information content (AvgIpc) is 3.55. The van der Waals surface area contributed by atoms with E-state index in [2.05, 4.69) is 4.98 Å². The van der Waals surface area contributed by atoms with Crippen molar-refractivity contribution in [3.05, 3.63) is 89.5 Å². The number of fused-ring (bicyclic) bond motifs is 2. The van der Waals surface area contributed by atoms with Crippen molar-refractivity contribution in [2.45, 2.75) is 6.04 Å². The van der Waals surface area contributed by atoms with Crippen LogP contribution in [0.1, 0.15) is 17.2 Å². The van der Waals surface area contributed by atoms with Crippen LogP contribution < -0.4 is 14.4 Å². The van der Waals surface area contributed by atoms with E-state index >= 15 is 0 Å². The zero-order chi connectivity index (χ0) is 22.5. The molecule has 0 saturated carbocycles. The first-order valence-electron chi connectivity index (χ1n) is 10.2. The van der Waals surface area contributed by atoms with E-state index in [-0.39, 0.29) is 18.1 Å². The van der Waals surface area contributed by atoms with Gasteiger partial charge in [-0.2, -0.15) is 0 Å². The number of amides is 1. The Morgan fingerprint density at radius 1 is 0.970 bits per heavy atom. The molecule has 8 heteroatoms. The summed E-state index contributed by atoms with van der Waals surface area (Å²) in [7, 11) is 0. The van der Waals surface area contributed by atoms with E-state index in [4.69, 9.17) is 9.47 Å². The summed E-state index contributed by atoms with van der Waals surface area (Å²) in [6.07, 6.45) is 0. The van der Waals surface area contributed by atoms with Crippen LogP contribution in [-0.4, -0.2) is 28.6 Å². The number of aliphatic hydroxyl groups is 1. The first-order chi connectivity index (χ1) is 16.1. The maximum Gasteiger partial charge on any atom is 0.301 e. The number of nitrogens with zero attached hydrogens (tertiary/aromatic N) is 2. The largest absolute Gasteiger partial charge is 0.507 e. The fraction of sp³-hybridized carbons (Fsp3) is 0.0800. The van der Waals surface area contributed by atoms with Gasteiger partial charge >= 0.3 is 5.91 Å². The lowest BCUT2D eigenvalue weighted by atomic mass is 9.95. The fourth-order valence-corrected chi connectivity index (χ4v) is 5.14. The molecular weight excluding hydrogens is 440 g/mol. The van der Waals surface area contributed by atoms with Crippen LogP contribution in [0.3, 0.4) is 0 Å². The Morgan fingerprint density at radius 3 is 2.55 bits per heavy atom. The SMILES string of the molecule is O=C1C(=O)N(c2nc3ccccc3s2)C(c2ccc3c(c2)OCO3)/C1=C(/O)c1ccccc1. The van der Waals surface area contributed by atoms with Crippen LogP contribution in [0.25, 0.3) is 16.0 Å². The number of benzene rings is 3. The summed E-state index contributed by atoms with van der Waals surface area (Å²) in [5.74, 6) is -0.645. The van der Waals surface area contributed by atoms with Gasteiger partial charge in [0.2, 0.25) is 6.79 Å². The predicted octanol–water partition coefficient (Wildman–Crippen LogP) is 4.65. The molecule has 1 amide bonds.